The number of hydrogen-bond acceptors (Lipinski definition) is 4. The fraction of sp³-hybridized carbons (Fsp3) is 0.0577. The summed E-state index contributed by atoms with van der Waals surface area (Å²) in [5, 5.41) is 1.09. The predicted molar refractivity (Wildman–Crippen MR) is 232 cm³/mol. The van der Waals surface area contributed by atoms with Crippen molar-refractivity contribution >= 4 is 16.6 Å². The van der Waals surface area contributed by atoms with Gasteiger partial charge in [-0.1, -0.05) is 147 Å². The second-order valence-corrected chi connectivity index (χ2v) is 15.0. The van der Waals surface area contributed by atoms with Crippen molar-refractivity contribution < 1.29 is 0 Å². The normalized spacial score (nSPS) is 12.5. The average molecular weight is 730 g/mol. The Balaban J connectivity index is 1.16. The Bertz CT molecular complexity index is 3040. The number of benzene rings is 7. The van der Waals surface area contributed by atoms with Gasteiger partial charge in [0.15, 0.2) is 23.2 Å². The molecule has 2 aromatic heterocycles. The fourth-order valence-electron chi connectivity index (χ4n) is 8.17. The van der Waals surface area contributed by atoms with Crippen molar-refractivity contribution in [3.05, 3.63) is 199 Å². The first-order valence-corrected chi connectivity index (χ1v) is 19.1. The summed E-state index contributed by atoms with van der Waals surface area (Å²) in [5.74, 6) is 1.80. The molecule has 5 heteroatoms. The lowest BCUT2D eigenvalue weighted by molar-refractivity contribution is 0.661. The summed E-state index contributed by atoms with van der Waals surface area (Å²) in [7, 11) is 0. The summed E-state index contributed by atoms with van der Waals surface area (Å²) >= 11 is 0. The van der Waals surface area contributed by atoms with Crippen molar-refractivity contribution in [3.8, 4) is 78.7 Å². The van der Waals surface area contributed by atoms with Crippen LogP contribution in [0.2, 0.25) is 0 Å². The molecule has 7 aromatic carbocycles. The number of pyridine rings is 1. The molecule has 0 bridgehead atoms. The van der Waals surface area contributed by atoms with E-state index in [1.54, 1.807) is 0 Å². The first-order chi connectivity index (χ1) is 27.9. The lowest BCUT2D eigenvalue weighted by Crippen LogP contribution is -2.14. The largest absolute Gasteiger partial charge is 0.256 e. The van der Waals surface area contributed by atoms with Crippen molar-refractivity contribution in [2.24, 2.45) is 0 Å². The van der Waals surface area contributed by atoms with Crippen molar-refractivity contribution in [1.29, 1.82) is 0 Å². The Morgan fingerprint density at radius 3 is 1.70 bits per heavy atom. The van der Waals surface area contributed by atoms with Crippen LogP contribution >= 0.6 is 0 Å². The number of aromatic nitrogens is 4. The summed E-state index contributed by atoms with van der Waals surface area (Å²) in [6.45, 7) is 12.4. The third-order valence-corrected chi connectivity index (χ3v) is 11.2. The maximum atomic E-state index is 7.91. The summed E-state index contributed by atoms with van der Waals surface area (Å²) in [6, 6.07) is 58.7. The third-order valence-electron chi connectivity index (χ3n) is 11.2. The van der Waals surface area contributed by atoms with Crippen LogP contribution < -0.4 is 0 Å². The Labute approximate surface area is 331 Å². The molecule has 57 heavy (non-hydrogen) atoms. The number of hydrogen-bond donors (Lipinski definition) is 0. The standard InChI is InChI=1S/C52H35N5/c1-52(2)44-17-10-18-46(53-3)48(44)43-26-25-38(31-45(43)52)40-28-41(39-24-21-35-16-11-27-54-47(35)32-39)30-42(29-40)51-56-49(36-14-8-5-9-15-36)55-50(57-51)37-22-19-34(20-23-37)33-12-6-4-7-13-33/h4-32H,1-2H3. The van der Waals surface area contributed by atoms with Gasteiger partial charge in [0.25, 0.3) is 0 Å². The Morgan fingerprint density at radius 1 is 0.439 bits per heavy atom. The number of nitrogens with zero attached hydrogens (tertiary/aromatic N) is 5. The first kappa shape index (κ1) is 34.0. The molecule has 0 saturated carbocycles. The lowest BCUT2D eigenvalue weighted by Gasteiger charge is -2.22. The number of rotatable bonds is 6. The Kier molecular flexibility index (Phi) is 8.13. The monoisotopic (exact) mass is 729 g/mol. The van der Waals surface area contributed by atoms with Gasteiger partial charge in [-0.05, 0) is 92.0 Å². The van der Waals surface area contributed by atoms with Crippen LogP contribution in [-0.4, -0.2) is 19.9 Å². The van der Waals surface area contributed by atoms with E-state index < -0.39 is 0 Å². The highest BCUT2D eigenvalue weighted by atomic mass is 15.0. The molecule has 0 radical (unpaired) electrons. The van der Waals surface area contributed by atoms with Gasteiger partial charge in [0.05, 0.1) is 12.1 Å². The highest BCUT2D eigenvalue weighted by Crippen LogP contribution is 2.53. The van der Waals surface area contributed by atoms with Crippen molar-refractivity contribution in [1.82, 2.24) is 19.9 Å². The molecule has 0 atom stereocenters. The summed E-state index contributed by atoms with van der Waals surface area (Å²) in [5.41, 5.74) is 15.1. The van der Waals surface area contributed by atoms with Crippen LogP contribution in [0.15, 0.2) is 176 Å². The van der Waals surface area contributed by atoms with Gasteiger partial charge in [0.1, 0.15) is 0 Å². The molecule has 9 aromatic rings. The van der Waals surface area contributed by atoms with E-state index in [0.29, 0.717) is 23.2 Å². The van der Waals surface area contributed by atoms with Crippen LogP contribution in [0, 0.1) is 6.57 Å². The fourth-order valence-corrected chi connectivity index (χ4v) is 8.17. The highest BCUT2D eigenvalue weighted by Gasteiger charge is 2.36. The minimum atomic E-state index is -0.268. The van der Waals surface area contributed by atoms with Crippen molar-refractivity contribution in [2.75, 3.05) is 0 Å². The molecule has 5 nitrogen and oxygen atoms in total. The number of fused-ring (bicyclic) bond motifs is 4. The van der Waals surface area contributed by atoms with E-state index in [9.17, 15) is 0 Å². The van der Waals surface area contributed by atoms with E-state index in [4.69, 9.17) is 21.5 Å². The van der Waals surface area contributed by atoms with Gasteiger partial charge in [-0.2, -0.15) is 0 Å². The molecule has 2 heterocycles. The molecule has 0 unspecified atom stereocenters. The molecule has 1 aliphatic rings. The molecule has 0 saturated heterocycles. The Morgan fingerprint density at radius 2 is 1.00 bits per heavy atom. The topological polar surface area (TPSA) is 55.9 Å². The quantitative estimate of drug-likeness (QED) is 0.160. The van der Waals surface area contributed by atoms with Gasteiger partial charge >= 0.3 is 0 Å². The van der Waals surface area contributed by atoms with E-state index in [2.05, 4.69) is 139 Å². The van der Waals surface area contributed by atoms with E-state index >= 15 is 0 Å². The second kappa shape index (κ2) is 13.6. The SMILES string of the molecule is [C-]#[N+]c1cccc2c1-c1ccc(-c3cc(-c4ccc5cccnc5c4)cc(-c4nc(-c5ccccc5)nc(-c5ccc(-c6ccccc6)cc5)n4)c3)cc1C2(C)C. The average Bonchev–Trinajstić information content (AvgIpc) is 3.51. The first-order valence-electron chi connectivity index (χ1n) is 19.1. The smallest absolute Gasteiger partial charge is 0.195 e. The van der Waals surface area contributed by atoms with Crippen molar-refractivity contribution in [2.45, 2.75) is 19.3 Å². The summed E-state index contributed by atoms with van der Waals surface area (Å²) < 4.78 is 0. The molecular formula is C52H35N5. The van der Waals surface area contributed by atoms with Gasteiger partial charge in [-0.25, -0.2) is 19.8 Å². The molecular weight excluding hydrogens is 695 g/mol. The predicted octanol–water partition coefficient (Wildman–Crippen LogP) is 13.3. The maximum absolute atomic E-state index is 7.91. The minimum Gasteiger partial charge on any atom is -0.256 e. The zero-order valence-corrected chi connectivity index (χ0v) is 31.5. The molecule has 0 N–H and O–H groups in total. The summed E-state index contributed by atoms with van der Waals surface area (Å²) in [4.78, 5) is 23.9. The molecule has 0 fully saturated rings. The molecule has 0 spiro atoms. The van der Waals surface area contributed by atoms with Gasteiger partial charge in [-0.3, -0.25) is 4.98 Å². The zero-order chi connectivity index (χ0) is 38.5. The van der Waals surface area contributed by atoms with Crippen LogP contribution in [0.5, 0.6) is 0 Å². The zero-order valence-electron chi connectivity index (χ0n) is 31.5. The van der Waals surface area contributed by atoms with Crippen LogP contribution in [0.3, 0.4) is 0 Å². The third kappa shape index (κ3) is 6.05. The second-order valence-electron chi connectivity index (χ2n) is 15.0. The maximum Gasteiger partial charge on any atom is 0.195 e. The van der Waals surface area contributed by atoms with Crippen LogP contribution in [0.1, 0.15) is 25.0 Å². The van der Waals surface area contributed by atoms with E-state index in [1.807, 2.05) is 60.8 Å². The van der Waals surface area contributed by atoms with Crippen molar-refractivity contribution in [3.63, 3.8) is 0 Å². The summed E-state index contributed by atoms with van der Waals surface area (Å²) in [6.07, 6.45) is 1.83. The molecule has 0 amide bonds. The van der Waals surface area contributed by atoms with Gasteiger partial charge in [0.2, 0.25) is 0 Å². The molecule has 1 aliphatic carbocycles. The minimum absolute atomic E-state index is 0.268. The molecule has 0 aliphatic heterocycles. The molecule has 268 valence electrons. The van der Waals surface area contributed by atoms with E-state index in [1.165, 1.54) is 11.1 Å². The van der Waals surface area contributed by atoms with Crippen LogP contribution in [0.4, 0.5) is 5.69 Å². The Hall–Kier alpha value is -7.55. The van der Waals surface area contributed by atoms with Gasteiger partial charge < -0.3 is 0 Å². The van der Waals surface area contributed by atoms with Gasteiger partial charge in [-0.15, -0.1) is 0 Å². The molecule has 10 rings (SSSR count). The lowest BCUT2D eigenvalue weighted by atomic mass is 9.81. The van der Waals surface area contributed by atoms with Gasteiger partial charge in [0, 0.05) is 33.7 Å². The van der Waals surface area contributed by atoms with E-state index in [-0.39, 0.29) is 5.41 Å². The van der Waals surface area contributed by atoms with Crippen LogP contribution in [0.25, 0.3) is 94.4 Å². The highest BCUT2D eigenvalue weighted by molar-refractivity contribution is 5.92. The van der Waals surface area contributed by atoms with Crippen LogP contribution in [-0.2, 0) is 5.41 Å². The van der Waals surface area contributed by atoms with E-state index in [0.717, 1.165) is 72.1 Å².